The molecule has 0 aromatic rings. The molecule has 4 nitrogen and oxygen atoms in total. The van der Waals surface area contributed by atoms with Crippen molar-refractivity contribution in [3.63, 3.8) is 0 Å². The minimum atomic E-state index is -0.119. The molecule has 0 fully saturated rings. The van der Waals surface area contributed by atoms with Gasteiger partial charge in [0, 0.05) is 13.2 Å². The summed E-state index contributed by atoms with van der Waals surface area (Å²) in [5, 5.41) is 3.25. The van der Waals surface area contributed by atoms with Gasteiger partial charge in [0.15, 0.2) is 0 Å². The molecule has 0 rings (SSSR count). The monoisotopic (exact) mass is 245 g/mol. The molecule has 0 heterocycles. The largest absolute Gasteiger partial charge is 0.466 e. The molecule has 0 bridgehead atoms. The minimum absolute atomic E-state index is 0.0608. The zero-order valence-electron chi connectivity index (χ0n) is 10.5. The summed E-state index contributed by atoms with van der Waals surface area (Å²) in [5.74, 6) is -0.180. The van der Waals surface area contributed by atoms with Crippen molar-refractivity contribution in [2.75, 3.05) is 26.3 Å². The fraction of sp³-hybridized carbons (Fsp3) is 0.909. The van der Waals surface area contributed by atoms with Crippen LogP contribution in [0.4, 0.5) is 0 Å². The lowest BCUT2D eigenvalue weighted by molar-refractivity contribution is -0.147. The second kappa shape index (κ2) is 11.1. The maximum atomic E-state index is 11.3. The minimum Gasteiger partial charge on any atom is -0.466 e. The number of hydrogen-bond donors (Lipinski definition) is 1. The van der Waals surface area contributed by atoms with E-state index in [0.717, 1.165) is 25.6 Å². The molecular weight excluding hydrogens is 222 g/mol. The molecule has 16 heavy (non-hydrogen) atoms. The molecule has 0 aliphatic carbocycles. The standard InChI is InChI=1S/C11H23NO3Si/c1-4-14-11(13)10(3)9-12-7-6-8-16-15-5-2/h10,12H,4-9H2,1-3H3. The van der Waals surface area contributed by atoms with Gasteiger partial charge in [-0.1, -0.05) is 6.92 Å². The number of ether oxygens (including phenoxy) is 1. The van der Waals surface area contributed by atoms with Crippen molar-refractivity contribution in [1.29, 1.82) is 0 Å². The lowest BCUT2D eigenvalue weighted by Gasteiger charge is -2.11. The third kappa shape index (κ3) is 8.88. The molecule has 0 aliphatic heterocycles. The number of nitrogens with one attached hydrogen (secondary N) is 1. The van der Waals surface area contributed by atoms with Gasteiger partial charge in [-0.3, -0.25) is 4.79 Å². The molecular formula is C11H23NO3Si. The van der Waals surface area contributed by atoms with E-state index in [2.05, 4.69) is 5.32 Å². The van der Waals surface area contributed by atoms with Crippen molar-refractivity contribution >= 4 is 15.7 Å². The molecule has 5 heteroatoms. The molecule has 1 N–H and O–H groups in total. The van der Waals surface area contributed by atoms with Gasteiger partial charge >= 0.3 is 5.97 Å². The van der Waals surface area contributed by atoms with Crippen LogP contribution in [-0.4, -0.2) is 42.0 Å². The Balaban J connectivity index is 3.27. The summed E-state index contributed by atoms with van der Waals surface area (Å²) < 4.78 is 10.2. The van der Waals surface area contributed by atoms with E-state index >= 15 is 0 Å². The summed E-state index contributed by atoms with van der Waals surface area (Å²) in [4.78, 5) is 11.3. The molecule has 1 unspecified atom stereocenters. The Morgan fingerprint density at radius 1 is 1.38 bits per heavy atom. The molecule has 0 aromatic heterocycles. The molecule has 1 atom stereocenters. The molecule has 0 aromatic carbocycles. The Kier molecular flexibility index (Phi) is 10.8. The third-order valence-corrected chi connectivity index (χ3v) is 3.07. The van der Waals surface area contributed by atoms with E-state index in [1.165, 1.54) is 0 Å². The van der Waals surface area contributed by atoms with Crippen molar-refractivity contribution in [2.24, 2.45) is 5.92 Å². The first-order valence-corrected chi connectivity index (χ1v) is 7.05. The van der Waals surface area contributed by atoms with Crippen LogP contribution >= 0.6 is 0 Å². The van der Waals surface area contributed by atoms with E-state index in [0.29, 0.717) is 22.9 Å². The van der Waals surface area contributed by atoms with Crippen LogP contribution in [0.15, 0.2) is 0 Å². The van der Waals surface area contributed by atoms with E-state index in [1.54, 1.807) is 0 Å². The Morgan fingerprint density at radius 2 is 2.12 bits per heavy atom. The normalized spacial score (nSPS) is 12.4. The first kappa shape index (κ1) is 15.6. The Morgan fingerprint density at radius 3 is 2.75 bits per heavy atom. The fourth-order valence-corrected chi connectivity index (χ4v) is 1.82. The van der Waals surface area contributed by atoms with Crippen molar-refractivity contribution in [1.82, 2.24) is 5.32 Å². The Bertz CT molecular complexity index is 179. The van der Waals surface area contributed by atoms with Crippen LogP contribution in [0.3, 0.4) is 0 Å². The van der Waals surface area contributed by atoms with E-state index in [9.17, 15) is 4.79 Å². The van der Waals surface area contributed by atoms with Crippen LogP contribution in [0.25, 0.3) is 0 Å². The summed E-state index contributed by atoms with van der Waals surface area (Å²) in [6, 6.07) is 1.09. The van der Waals surface area contributed by atoms with Gasteiger partial charge in [0.05, 0.1) is 12.5 Å². The second-order valence-electron chi connectivity index (χ2n) is 3.54. The summed E-state index contributed by atoms with van der Waals surface area (Å²) >= 11 is 0. The van der Waals surface area contributed by atoms with Gasteiger partial charge in [0.25, 0.3) is 0 Å². The summed E-state index contributed by atoms with van der Waals surface area (Å²) in [7, 11) is 0.602. The molecule has 0 saturated carbocycles. The number of carbonyl (C=O) groups is 1. The number of rotatable bonds is 10. The second-order valence-corrected chi connectivity index (χ2v) is 4.62. The highest BCUT2D eigenvalue weighted by molar-refractivity contribution is 6.26. The molecule has 0 saturated heterocycles. The maximum absolute atomic E-state index is 11.3. The molecule has 2 radical (unpaired) electrons. The highest BCUT2D eigenvalue weighted by Crippen LogP contribution is 1.97. The molecule has 94 valence electrons. The lowest BCUT2D eigenvalue weighted by Crippen LogP contribution is -2.28. The predicted molar refractivity (Wildman–Crippen MR) is 65.5 cm³/mol. The van der Waals surface area contributed by atoms with Crippen LogP contribution in [-0.2, 0) is 14.0 Å². The molecule has 0 spiro atoms. The lowest BCUT2D eigenvalue weighted by atomic mass is 10.2. The smallest absolute Gasteiger partial charge is 0.309 e. The van der Waals surface area contributed by atoms with Gasteiger partial charge in [0.1, 0.15) is 0 Å². The van der Waals surface area contributed by atoms with E-state index < -0.39 is 0 Å². The van der Waals surface area contributed by atoms with Crippen LogP contribution in [0.1, 0.15) is 27.2 Å². The van der Waals surface area contributed by atoms with Crippen LogP contribution < -0.4 is 5.32 Å². The van der Waals surface area contributed by atoms with Gasteiger partial charge in [0.2, 0.25) is 9.76 Å². The van der Waals surface area contributed by atoms with Crippen LogP contribution in [0.2, 0.25) is 6.04 Å². The van der Waals surface area contributed by atoms with Crippen LogP contribution in [0.5, 0.6) is 0 Å². The number of carbonyl (C=O) groups excluding carboxylic acids is 1. The Labute approximate surface area is 101 Å². The summed E-state index contributed by atoms with van der Waals surface area (Å²) in [5.41, 5.74) is 0. The van der Waals surface area contributed by atoms with Gasteiger partial charge < -0.3 is 14.5 Å². The maximum Gasteiger partial charge on any atom is 0.309 e. The molecule has 0 amide bonds. The average Bonchev–Trinajstić information content (AvgIpc) is 2.28. The summed E-state index contributed by atoms with van der Waals surface area (Å²) in [6.45, 7) is 8.59. The summed E-state index contributed by atoms with van der Waals surface area (Å²) in [6.07, 6.45) is 1.09. The SMILES string of the molecule is CCO[Si]CCCNCC(C)C(=O)OCC. The van der Waals surface area contributed by atoms with Gasteiger partial charge in [-0.15, -0.1) is 0 Å². The zero-order chi connectivity index (χ0) is 12.2. The van der Waals surface area contributed by atoms with Gasteiger partial charge in [-0.25, -0.2) is 0 Å². The van der Waals surface area contributed by atoms with Crippen molar-refractivity contribution in [2.45, 2.75) is 33.2 Å². The highest BCUT2D eigenvalue weighted by Gasteiger charge is 2.12. The van der Waals surface area contributed by atoms with Gasteiger partial charge in [-0.05, 0) is 32.9 Å². The average molecular weight is 245 g/mol. The topological polar surface area (TPSA) is 47.6 Å². The quantitative estimate of drug-likeness (QED) is 0.357. The number of esters is 1. The van der Waals surface area contributed by atoms with E-state index in [1.807, 2.05) is 20.8 Å². The van der Waals surface area contributed by atoms with Crippen molar-refractivity contribution < 1.29 is 14.0 Å². The van der Waals surface area contributed by atoms with Crippen molar-refractivity contribution in [3.05, 3.63) is 0 Å². The Hall–Kier alpha value is -0.393. The predicted octanol–water partition coefficient (Wildman–Crippen LogP) is 1.24. The first-order valence-electron chi connectivity index (χ1n) is 5.94. The third-order valence-electron chi connectivity index (χ3n) is 2.02. The van der Waals surface area contributed by atoms with Crippen molar-refractivity contribution in [3.8, 4) is 0 Å². The first-order chi connectivity index (χ1) is 7.72. The molecule has 0 aliphatic rings. The zero-order valence-corrected chi connectivity index (χ0v) is 11.5. The highest BCUT2D eigenvalue weighted by atomic mass is 28.2. The number of hydrogen-bond acceptors (Lipinski definition) is 4. The van der Waals surface area contributed by atoms with E-state index in [-0.39, 0.29) is 11.9 Å². The van der Waals surface area contributed by atoms with Crippen LogP contribution in [0, 0.1) is 5.92 Å². The van der Waals surface area contributed by atoms with Gasteiger partial charge in [-0.2, -0.15) is 0 Å². The van der Waals surface area contributed by atoms with E-state index in [4.69, 9.17) is 9.16 Å². The fourth-order valence-electron chi connectivity index (χ4n) is 1.15.